The number of rotatable bonds is 7. The topological polar surface area (TPSA) is 72.7 Å². The van der Waals surface area contributed by atoms with Gasteiger partial charge < -0.3 is 9.64 Å². The Morgan fingerprint density at radius 3 is 2.54 bits per heavy atom. The van der Waals surface area contributed by atoms with Gasteiger partial charge in [0.15, 0.2) is 0 Å². The number of nitrogens with zero attached hydrogens (tertiary/aromatic N) is 2. The summed E-state index contributed by atoms with van der Waals surface area (Å²) in [5.74, 6) is -0.755. The maximum atomic E-state index is 13.3. The molecule has 0 aromatic heterocycles. The molecule has 26 heavy (non-hydrogen) atoms. The third-order valence-electron chi connectivity index (χ3n) is 3.27. The Labute approximate surface area is 152 Å². The molecule has 9 heteroatoms. The van der Waals surface area contributed by atoms with Crippen LogP contribution in [-0.4, -0.2) is 43.1 Å². The SMILES string of the molecule is CN(C)C(=O)c1cc(OCCF)ccc1Sc1ccc(F)cc1[N+](=O)[O-]. The molecule has 0 unspecified atom stereocenters. The van der Waals surface area contributed by atoms with Crippen molar-refractivity contribution in [1.29, 1.82) is 0 Å². The lowest BCUT2D eigenvalue weighted by atomic mass is 10.2. The summed E-state index contributed by atoms with van der Waals surface area (Å²) in [4.78, 5) is 24.9. The zero-order chi connectivity index (χ0) is 19.3. The van der Waals surface area contributed by atoms with Crippen LogP contribution in [0.4, 0.5) is 14.5 Å². The summed E-state index contributed by atoms with van der Waals surface area (Å²) in [6.07, 6.45) is 0. The first-order chi connectivity index (χ1) is 12.3. The fraction of sp³-hybridized carbons (Fsp3) is 0.235. The molecule has 0 saturated heterocycles. The normalized spacial score (nSPS) is 10.5. The van der Waals surface area contributed by atoms with Crippen molar-refractivity contribution in [3.8, 4) is 5.75 Å². The van der Waals surface area contributed by atoms with Gasteiger partial charge in [-0.2, -0.15) is 0 Å². The average Bonchev–Trinajstić information content (AvgIpc) is 2.61. The highest BCUT2D eigenvalue weighted by molar-refractivity contribution is 7.99. The van der Waals surface area contributed by atoms with Gasteiger partial charge in [-0.1, -0.05) is 11.8 Å². The summed E-state index contributed by atoms with van der Waals surface area (Å²) >= 11 is 0.971. The Bertz CT molecular complexity index is 830. The number of nitro benzene ring substituents is 1. The van der Waals surface area contributed by atoms with E-state index in [0.29, 0.717) is 10.6 Å². The molecule has 0 fully saturated rings. The number of halogens is 2. The molecule has 0 N–H and O–H groups in total. The fourth-order valence-corrected chi connectivity index (χ4v) is 3.09. The predicted molar refractivity (Wildman–Crippen MR) is 93.1 cm³/mol. The lowest BCUT2D eigenvalue weighted by Gasteiger charge is -2.15. The van der Waals surface area contributed by atoms with Crippen molar-refractivity contribution < 1.29 is 23.2 Å². The minimum atomic E-state index is -0.722. The lowest BCUT2D eigenvalue weighted by molar-refractivity contribution is -0.387. The first-order valence-corrected chi connectivity index (χ1v) is 8.31. The molecular weight excluding hydrogens is 366 g/mol. The quantitative estimate of drug-likeness (QED) is 0.536. The third-order valence-corrected chi connectivity index (χ3v) is 4.41. The molecule has 0 radical (unpaired) electrons. The van der Waals surface area contributed by atoms with Gasteiger partial charge in [-0.25, -0.2) is 8.78 Å². The maximum absolute atomic E-state index is 13.3. The second-order valence-corrected chi connectivity index (χ2v) is 6.45. The van der Waals surface area contributed by atoms with Gasteiger partial charge in [0.2, 0.25) is 0 Å². The van der Waals surface area contributed by atoms with E-state index in [0.717, 1.165) is 23.9 Å². The summed E-state index contributed by atoms with van der Waals surface area (Å²) in [5.41, 5.74) is -0.147. The number of benzene rings is 2. The fourth-order valence-electron chi connectivity index (χ4n) is 2.09. The van der Waals surface area contributed by atoms with E-state index in [2.05, 4.69) is 0 Å². The maximum Gasteiger partial charge on any atom is 0.286 e. The monoisotopic (exact) mass is 382 g/mol. The van der Waals surface area contributed by atoms with Crippen LogP contribution in [0.2, 0.25) is 0 Å². The number of ether oxygens (including phenoxy) is 1. The molecule has 0 bridgehead atoms. The average molecular weight is 382 g/mol. The Kier molecular flexibility index (Phi) is 6.51. The molecule has 2 rings (SSSR count). The third kappa shape index (κ3) is 4.69. The van der Waals surface area contributed by atoms with Crippen molar-refractivity contribution in [3.05, 3.63) is 57.9 Å². The van der Waals surface area contributed by atoms with E-state index < -0.39 is 23.1 Å². The predicted octanol–water partition coefficient (Wildman–Crippen LogP) is 3.94. The van der Waals surface area contributed by atoms with Gasteiger partial charge in [0, 0.05) is 19.0 Å². The van der Waals surface area contributed by atoms with Crippen molar-refractivity contribution in [2.75, 3.05) is 27.4 Å². The van der Waals surface area contributed by atoms with Crippen LogP contribution in [0.25, 0.3) is 0 Å². The van der Waals surface area contributed by atoms with Crippen molar-refractivity contribution in [2.45, 2.75) is 9.79 Å². The van der Waals surface area contributed by atoms with Gasteiger partial charge in [-0.15, -0.1) is 0 Å². The summed E-state index contributed by atoms with van der Waals surface area (Å²) < 4.78 is 30.8. The standard InChI is InChI=1S/C17H16F2N2O4S/c1-20(2)17(22)13-10-12(25-8-7-18)4-6-15(13)26-16-5-3-11(19)9-14(16)21(23)24/h3-6,9-10H,7-8H2,1-2H3. The molecule has 6 nitrogen and oxygen atoms in total. The van der Waals surface area contributed by atoms with E-state index in [4.69, 9.17) is 4.74 Å². The number of nitro groups is 1. The largest absolute Gasteiger partial charge is 0.491 e. The minimum absolute atomic E-state index is 0.147. The van der Waals surface area contributed by atoms with Gasteiger partial charge in [0.25, 0.3) is 11.6 Å². The zero-order valence-electron chi connectivity index (χ0n) is 14.1. The molecule has 2 aromatic carbocycles. The van der Waals surface area contributed by atoms with Gasteiger partial charge in [0.05, 0.1) is 21.4 Å². The van der Waals surface area contributed by atoms with E-state index in [9.17, 15) is 23.7 Å². The first kappa shape index (κ1) is 19.6. The van der Waals surface area contributed by atoms with E-state index in [1.54, 1.807) is 26.2 Å². The molecule has 0 aliphatic heterocycles. The second kappa shape index (κ2) is 8.61. The van der Waals surface area contributed by atoms with Crippen LogP contribution in [0.3, 0.4) is 0 Å². The van der Waals surface area contributed by atoms with Gasteiger partial charge >= 0.3 is 0 Å². The highest BCUT2D eigenvalue weighted by Crippen LogP contribution is 2.38. The van der Waals surface area contributed by atoms with Crippen LogP contribution in [0.1, 0.15) is 10.4 Å². The van der Waals surface area contributed by atoms with Crippen LogP contribution in [0, 0.1) is 15.9 Å². The molecule has 0 heterocycles. The van der Waals surface area contributed by atoms with Crippen LogP contribution >= 0.6 is 11.8 Å². The van der Waals surface area contributed by atoms with Crippen molar-refractivity contribution >= 4 is 23.4 Å². The molecular formula is C17H16F2N2O4S. The summed E-state index contributed by atoms with van der Waals surface area (Å²) in [5, 5.41) is 11.2. The molecule has 0 saturated carbocycles. The highest BCUT2D eigenvalue weighted by atomic mass is 32.2. The Morgan fingerprint density at radius 2 is 1.92 bits per heavy atom. The first-order valence-electron chi connectivity index (χ1n) is 7.49. The van der Waals surface area contributed by atoms with Crippen molar-refractivity contribution in [1.82, 2.24) is 4.90 Å². The highest BCUT2D eigenvalue weighted by Gasteiger charge is 2.20. The van der Waals surface area contributed by atoms with Gasteiger partial charge in [-0.05, 0) is 30.3 Å². The summed E-state index contributed by atoms with van der Waals surface area (Å²) in [6.45, 7) is -0.819. The van der Waals surface area contributed by atoms with Crippen molar-refractivity contribution in [2.24, 2.45) is 0 Å². The van der Waals surface area contributed by atoms with E-state index in [-0.39, 0.29) is 23.0 Å². The number of amides is 1. The minimum Gasteiger partial charge on any atom is -0.491 e. The molecule has 1 amide bonds. The molecule has 0 spiro atoms. The number of hydrogen-bond acceptors (Lipinski definition) is 5. The number of alkyl halides is 1. The Balaban J connectivity index is 2.45. The van der Waals surface area contributed by atoms with Gasteiger partial charge in [-0.3, -0.25) is 14.9 Å². The van der Waals surface area contributed by atoms with Gasteiger partial charge in [0.1, 0.15) is 24.8 Å². The van der Waals surface area contributed by atoms with Crippen LogP contribution < -0.4 is 4.74 Å². The number of carbonyl (C=O) groups is 1. The lowest BCUT2D eigenvalue weighted by Crippen LogP contribution is -2.22. The summed E-state index contributed by atoms with van der Waals surface area (Å²) in [7, 11) is 3.12. The van der Waals surface area contributed by atoms with Crippen LogP contribution in [0.5, 0.6) is 5.75 Å². The van der Waals surface area contributed by atoms with Crippen LogP contribution in [-0.2, 0) is 0 Å². The second-order valence-electron chi connectivity index (χ2n) is 5.37. The Hall–Kier alpha value is -2.68. The number of hydrogen-bond donors (Lipinski definition) is 0. The molecule has 0 aliphatic rings. The molecule has 0 aliphatic carbocycles. The molecule has 138 valence electrons. The molecule has 2 aromatic rings. The van der Waals surface area contributed by atoms with E-state index >= 15 is 0 Å². The zero-order valence-corrected chi connectivity index (χ0v) is 14.9. The van der Waals surface area contributed by atoms with Crippen LogP contribution in [0.15, 0.2) is 46.2 Å². The Morgan fingerprint density at radius 1 is 1.23 bits per heavy atom. The number of carbonyl (C=O) groups excluding carboxylic acids is 1. The van der Waals surface area contributed by atoms with E-state index in [1.807, 2.05) is 0 Å². The smallest absolute Gasteiger partial charge is 0.286 e. The van der Waals surface area contributed by atoms with Crippen molar-refractivity contribution in [3.63, 3.8) is 0 Å². The van der Waals surface area contributed by atoms with E-state index in [1.165, 1.54) is 17.0 Å². The molecule has 0 atom stereocenters. The summed E-state index contributed by atoms with van der Waals surface area (Å²) in [6, 6.07) is 7.78.